The lowest BCUT2D eigenvalue weighted by Crippen LogP contribution is -2.64. The molecule has 35 heavy (non-hydrogen) atoms. The zero-order chi connectivity index (χ0) is 25.9. The Balaban J connectivity index is 1.69. The molecule has 2 aromatic carbocycles. The van der Waals surface area contributed by atoms with Gasteiger partial charge in [0.05, 0.1) is 11.3 Å². The van der Waals surface area contributed by atoms with Crippen LogP contribution in [0.4, 0.5) is 0 Å². The first kappa shape index (κ1) is 26.6. The van der Waals surface area contributed by atoms with E-state index in [0.717, 1.165) is 11.1 Å². The number of carbonyl (C=O) groups excluding carboxylic acids is 2. The first-order valence-corrected chi connectivity index (χ1v) is 13.1. The van der Waals surface area contributed by atoms with Crippen molar-refractivity contribution < 1.29 is 18.0 Å². The molecule has 3 rings (SSSR count). The molecule has 188 valence electrons. The van der Waals surface area contributed by atoms with E-state index >= 15 is 0 Å². The summed E-state index contributed by atoms with van der Waals surface area (Å²) in [7, 11) is -3.75. The van der Waals surface area contributed by atoms with Gasteiger partial charge in [0.25, 0.3) is 0 Å². The van der Waals surface area contributed by atoms with Crippen LogP contribution in [0.2, 0.25) is 0 Å². The molecular weight excluding hydrogens is 462 g/mol. The number of nitrogens with zero attached hydrogens (tertiary/aromatic N) is 1. The molecule has 0 unspecified atom stereocenters. The number of piperidine rings is 1. The van der Waals surface area contributed by atoms with Crippen LogP contribution in [0, 0.1) is 10.8 Å². The van der Waals surface area contributed by atoms with Gasteiger partial charge in [-0.25, -0.2) is 8.42 Å². The van der Waals surface area contributed by atoms with Crippen LogP contribution in [0.1, 0.15) is 38.8 Å². The second-order valence-electron chi connectivity index (χ2n) is 10.5. The van der Waals surface area contributed by atoms with Gasteiger partial charge in [-0.1, -0.05) is 76.7 Å². The lowest BCUT2D eigenvalue weighted by Gasteiger charge is -2.52. The Morgan fingerprint density at radius 1 is 0.971 bits per heavy atom. The topological polar surface area (TPSA) is 95.6 Å². The van der Waals surface area contributed by atoms with Gasteiger partial charge in [-0.2, -0.15) is 4.31 Å². The minimum absolute atomic E-state index is 0.128. The molecule has 8 heteroatoms. The lowest BCUT2D eigenvalue weighted by molar-refractivity contribution is -0.121. The molecule has 1 aliphatic rings. The predicted molar refractivity (Wildman–Crippen MR) is 137 cm³/mol. The van der Waals surface area contributed by atoms with E-state index in [9.17, 15) is 18.0 Å². The van der Waals surface area contributed by atoms with E-state index in [1.807, 2.05) is 58.0 Å². The maximum Gasteiger partial charge on any atom is 0.243 e. The molecule has 2 amide bonds. The molecule has 1 saturated heterocycles. The van der Waals surface area contributed by atoms with E-state index in [-0.39, 0.29) is 42.3 Å². The number of hydrogen-bond donors (Lipinski definition) is 2. The van der Waals surface area contributed by atoms with Crippen molar-refractivity contribution in [1.29, 1.82) is 0 Å². The Labute approximate surface area is 208 Å². The number of nitrogens with one attached hydrogen (secondary N) is 2. The third-order valence-electron chi connectivity index (χ3n) is 6.46. The lowest BCUT2D eigenvalue weighted by atomic mass is 9.67. The van der Waals surface area contributed by atoms with Gasteiger partial charge in [0.1, 0.15) is 0 Å². The molecule has 1 heterocycles. The van der Waals surface area contributed by atoms with Gasteiger partial charge in [0.2, 0.25) is 21.8 Å². The molecule has 0 aliphatic carbocycles. The van der Waals surface area contributed by atoms with Crippen molar-refractivity contribution >= 4 is 21.8 Å². The van der Waals surface area contributed by atoms with Crippen LogP contribution in [-0.4, -0.2) is 43.7 Å². The monoisotopic (exact) mass is 497 g/mol. The minimum Gasteiger partial charge on any atom is -0.352 e. The fourth-order valence-electron chi connectivity index (χ4n) is 4.94. The number of amides is 2. The summed E-state index contributed by atoms with van der Waals surface area (Å²) < 4.78 is 28.5. The van der Waals surface area contributed by atoms with E-state index < -0.39 is 20.9 Å². The summed E-state index contributed by atoms with van der Waals surface area (Å²) in [6, 6.07) is 15.9. The van der Waals surface area contributed by atoms with Crippen molar-refractivity contribution in [3.63, 3.8) is 0 Å². The summed E-state index contributed by atoms with van der Waals surface area (Å²) in [4.78, 5) is 24.5. The smallest absolute Gasteiger partial charge is 0.243 e. The first-order chi connectivity index (χ1) is 16.3. The Kier molecular flexibility index (Phi) is 7.87. The van der Waals surface area contributed by atoms with Crippen LogP contribution in [-0.2, 0) is 32.6 Å². The molecule has 0 spiro atoms. The number of hydrogen-bond acceptors (Lipinski definition) is 4. The zero-order valence-electron chi connectivity index (χ0n) is 20.9. The molecule has 2 N–H and O–H groups in total. The van der Waals surface area contributed by atoms with Crippen LogP contribution < -0.4 is 10.6 Å². The van der Waals surface area contributed by atoms with Crippen LogP contribution >= 0.6 is 0 Å². The molecule has 0 radical (unpaired) electrons. The second-order valence-corrected chi connectivity index (χ2v) is 12.4. The van der Waals surface area contributed by atoms with E-state index in [1.54, 1.807) is 24.3 Å². The van der Waals surface area contributed by atoms with Crippen molar-refractivity contribution in [2.24, 2.45) is 10.8 Å². The highest BCUT2D eigenvalue weighted by Crippen LogP contribution is 2.42. The van der Waals surface area contributed by atoms with Gasteiger partial charge in [-0.15, -0.1) is 0 Å². The third-order valence-corrected chi connectivity index (χ3v) is 8.27. The van der Waals surface area contributed by atoms with Gasteiger partial charge in [-0.3, -0.25) is 9.59 Å². The van der Waals surface area contributed by atoms with Crippen molar-refractivity contribution in [3.05, 3.63) is 78.4 Å². The van der Waals surface area contributed by atoms with Crippen LogP contribution in [0.5, 0.6) is 0 Å². The summed E-state index contributed by atoms with van der Waals surface area (Å²) >= 11 is 0. The maximum atomic E-state index is 13.5. The number of carbonyl (C=O) groups is 2. The highest BCUT2D eigenvalue weighted by atomic mass is 32.2. The van der Waals surface area contributed by atoms with Gasteiger partial charge in [-0.05, 0) is 40.2 Å². The highest BCUT2D eigenvalue weighted by molar-refractivity contribution is 7.89. The number of sulfonamides is 1. The quantitative estimate of drug-likeness (QED) is 0.547. The van der Waals surface area contributed by atoms with Crippen LogP contribution in [0.15, 0.2) is 72.1 Å². The minimum atomic E-state index is -3.75. The van der Waals surface area contributed by atoms with Crippen LogP contribution in [0.3, 0.4) is 0 Å². The van der Waals surface area contributed by atoms with Crippen molar-refractivity contribution in [3.8, 4) is 0 Å². The fraction of sp³-hybridized carbons (Fsp3) is 0.407. The molecule has 0 bridgehead atoms. The summed E-state index contributed by atoms with van der Waals surface area (Å²) in [6.45, 7) is 12.3. The van der Waals surface area contributed by atoms with E-state index in [1.165, 1.54) is 10.4 Å². The van der Waals surface area contributed by atoms with Gasteiger partial charge >= 0.3 is 0 Å². The number of rotatable bonds is 8. The molecule has 0 atom stereocenters. The summed E-state index contributed by atoms with van der Waals surface area (Å²) in [5.74, 6) is -0.396. The average molecular weight is 498 g/mol. The first-order valence-electron chi connectivity index (χ1n) is 11.7. The van der Waals surface area contributed by atoms with E-state index in [0.29, 0.717) is 6.54 Å². The Morgan fingerprint density at radius 3 is 2.09 bits per heavy atom. The summed E-state index contributed by atoms with van der Waals surface area (Å²) in [5, 5.41) is 5.87. The van der Waals surface area contributed by atoms with Crippen molar-refractivity contribution in [2.45, 2.75) is 51.6 Å². The molecule has 0 aromatic heterocycles. The van der Waals surface area contributed by atoms with Crippen LogP contribution in [0.25, 0.3) is 0 Å². The molecule has 1 aliphatic heterocycles. The molecule has 7 nitrogen and oxygen atoms in total. The third kappa shape index (κ3) is 6.38. The van der Waals surface area contributed by atoms with E-state index in [4.69, 9.17) is 0 Å². The highest BCUT2D eigenvalue weighted by Gasteiger charge is 2.50. The Morgan fingerprint density at radius 2 is 1.54 bits per heavy atom. The molecule has 0 saturated carbocycles. The fourth-order valence-corrected chi connectivity index (χ4v) is 6.72. The summed E-state index contributed by atoms with van der Waals surface area (Å²) in [6.07, 6.45) is 1.40. The standard InChI is InChI=1S/C27H35N3O4S/c1-6-23(31)29-25-26(2,3)18-30(19-27(25,4)5)35(33,34)22-14-12-20(13-15-22)16-24(32)28-17-21-10-8-7-9-11-21/h6-15,25H,1,16-19H2,2-5H3,(H,28,32)(H,29,31). The molecule has 1 fully saturated rings. The van der Waals surface area contributed by atoms with Gasteiger partial charge < -0.3 is 10.6 Å². The van der Waals surface area contributed by atoms with Gasteiger partial charge in [0.15, 0.2) is 0 Å². The van der Waals surface area contributed by atoms with E-state index in [2.05, 4.69) is 17.2 Å². The zero-order valence-corrected chi connectivity index (χ0v) is 21.7. The summed E-state index contributed by atoms with van der Waals surface area (Å²) in [5.41, 5.74) is 0.760. The van der Waals surface area contributed by atoms with Crippen molar-refractivity contribution in [1.82, 2.24) is 14.9 Å². The van der Waals surface area contributed by atoms with Crippen molar-refractivity contribution in [2.75, 3.05) is 13.1 Å². The van der Waals surface area contributed by atoms with Gasteiger partial charge in [0, 0.05) is 25.7 Å². The molecular formula is C27H35N3O4S. The Bertz CT molecular complexity index is 1150. The largest absolute Gasteiger partial charge is 0.352 e. The Hall–Kier alpha value is -2.97. The SMILES string of the molecule is C=CC(=O)NC1C(C)(C)CN(S(=O)(=O)c2ccc(CC(=O)NCc3ccccc3)cc2)CC1(C)C. The number of benzene rings is 2. The predicted octanol–water partition coefficient (Wildman–Crippen LogP) is 3.27. The normalized spacial score (nSPS) is 17.9. The second kappa shape index (κ2) is 10.3. The maximum absolute atomic E-state index is 13.5. The molecule has 2 aromatic rings. The average Bonchev–Trinajstić information content (AvgIpc) is 2.80.